The maximum absolute atomic E-state index is 11.5. The Balaban J connectivity index is 4.19. The van der Waals surface area contributed by atoms with Gasteiger partial charge < -0.3 is 15.4 Å². The number of carbonyl (C=O) groups excluding carboxylic acids is 1. The molecule has 0 spiro atoms. The molecule has 90 valence electrons. The van der Waals surface area contributed by atoms with Crippen LogP contribution in [-0.4, -0.2) is 37.2 Å². The summed E-state index contributed by atoms with van der Waals surface area (Å²) in [4.78, 5) is 11.5. The minimum absolute atomic E-state index is 0.102. The van der Waals surface area contributed by atoms with Crippen LogP contribution in [0.4, 0.5) is 0 Å². The monoisotopic (exact) mass is 216 g/mol. The number of hydrogen-bond acceptors (Lipinski definition) is 3. The highest BCUT2D eigenvalue weighted by Crippen LogP contribution is 2.13. The second-order valence-corrected chi connectivity index (χ2v) is 4.79. The molecule has 0 aromatic carbocycles. The molecule has 4 heteroatoms. The molecule has 0 heterocycles. The average Bonchev–Trinajstić information content (AvgIpc) is 2.14. The lowest BCUT2D eigenvalue weighted by atomic mass is 10.1. The maximum atomic E-state index is 11.5. The van der Waals surface area contributed by atoms with Crippen LogP contribution >= 0.6 is 0 Å². The lowest BCUT2D eigenvalue weighted by Gasteiger charge is -2.31. The van der Waals surface area contributed by atoms with Gasteiger partial charge in [-0.15, -0.1) is 0 Å². The summed E-state index contributed by atoms with van der Waals surface area (Å²) in [5, 5.41) is 5.88. The second-order valence-electron chi connectivity index (χ2n) is 4.79. The van der Waals surface area contributed by atoms with Crippen molar-refractivity contribution in [3.63, 3.8) is 0 Å². The minimum Gasteiger partial charge on any atom is -0.364 e. The Morgan fingerprint density at radius 3 is 2.20 bits per heavy atom. The van der Waals surface area contributed by atoms with Gasteiger partial charge in [0.25, 0.3) is 5.91 Å². The number of carbonyl (C=O) groups is 1. The van der Waals surface area contributed by atoms with Crippen LogP contribution in [0.3, 0.4) is 0 Å². The Morgan fingerprint density at radius 2 is 1.80 bits per heavy atom. The van der Waals surface area contributed by atoms with Crippen LogP contribution in [0.1, 0.15) is 34.6 Å². The fourth-order valence-electron chi connectivity index (χ4n) is 1.26. The molecule has 4 nitrogen and oxygen atoms in total. The van der Waals surface area contributed by atoms with E-state index < -0.39 is 5.60 Å². The number of ether oxygens (including phenoxy) is 1. The van der Waals surface area contributed by atoms with Gasteiger partial charge in [-0.25, -0.2) is 0 Å². The van der Waals surface area contributed by atoms with E-state index in [0.717, 1.165) is 6.54 Å². The number of nitrogens with one attached hydrogen (secondary N) is 2. The number of hydrogen-bond donors (Lipinski definition) is 2. The molecule has 0 aliphatic rings. The van der Waals surface area contributed by atoms with Gasteiger partial charge in [-0.1, -0.05) is 6.92 Å². The third-order valence-electron chi connectivity index (χ3n) is 2.22. The van der Waals surface area contributed by atoms with Gasteiger partial charge in [0.2, 0.25) is 0 Å². The summed E-state index contributed by atoms with van der Waals surface area (Å²) >= 11 is 0. The zero-order chi connectivity index (χ0) is 12.1. The summed E-state index contributed by atoms with van der Waals surface area (Å²) in [5.74, 6) is -0.102. The molecule has 1 amide bonds. The van der Waals surface area contributed by atoms with Crippen LogP contribution in [0.5, 0.6) is 0 Å². The summed E-state index contributed by atoms with van der Waals surface area (Å²) in [6, 6.07) is 0. The molecular formula is C11H24N2O2. The van der Waals surface area contributed by atoms with Gasteiger partial charge in [0.05, 0.1) is 6.61 Å². The molecule has 0 rings (SSSR count). The molecule has 0 aliphatic carbocycles. The predicted molar refractivity (Wildman–Crippen MR) is 61.9 cm³/mol. The zero-order valence-corrected chi connectivity index (χ0v) is 10.7. The SMILES string of the molecule is CCNC(C)(C)COC(C)(C)C(=O)NC. The van der Waals surface area contributed by atoms with E-state index in [1.54, 1.807) is 20.9 Å². The largest absolute Gasteiger partial charge is 0.364 e. The van der Waals surface area contributed by atoms with E-state index in [0.29, 0.717) is 6.61 Å². The summed E-state index contributed by atoms with van der Waals surface area (Å²) in [7, 11) is 1.61. The third kappa shape index (κ3) is 5.14. The molecule has 0 atom stereocenters. The molecule has 0 aromatic rings. The van der Waals surface area contributed by atoms with Crippen molar-refractivity contribution in [3.05, 3.63) is 0 Å². The number of likely N-dealkylation sites (N-methyl/N-ethyl adjacent to an activating group) is 2. The van der Waals surface area contributed by atoms with Gasteiger partial charge in [0.1, 0.15) is 5.60 Å². The average molecular weight is 216 g/mol. The van der Waals surface area contributed by atoms with Crippen molar-refractivity contribution in [2.45, 2.75) is 45.8 Å². The first-order valence-corrected chi connectivity index (χ1v) is 5.36. The van der Waals surface area contributed by atoms with Crippen LogP contribution in [-0.2, 0) is 9.53 Å². The van der Waals surface area contributed by atoms with Crippen molar-refractivity contribution in [1.29, 1.82) is 0 Å². The van der Waals surface area contributed by atoms with E-state index in [9.17, 15) is 4.79 Å². The minimum atomic E-state index is -0.776. The van der Waals surface area contributed by atoms with Crippen molar-refractivity contribution in [3.8, 4) is 0 Å². The molecule has 0 fully saturated rings. The number of amides is 1. The Bertz CT molecular complexity index is 213. The molecule has 0 aliphatic heterocycles. The summed E-state index contributed by atoms with van der Waals surface area (Å²) < 4.78 is 5.62. The highest BCUT2D eigenvalue weighted by molar-refractivity contribution is 5.83. The van der Waals surface area contributed by atoms with E-state index in [-0.39, 0.29) is 11.4 Å². The summed E-state index contributed by atoms with van der Waals surface area (Å²) in [5.41, 5.74) is -0.887. The molecule has 0 aromatic heterocycles. The topological polar surface area (TPSA) is 50.4 Å². The van der Waals surface area contributed by atoms with Gasteiger partial charge >= 0.3 is 0 Å². The van der Waals surface area contributed by atoms with Crippen LogP contribution in [0.25, 0.3) is 0 Å². The standard InChI is InChI=1S/C11H24N2O2/c1-7-13-10(2,3)8-15-11(4,5)9(14)12-6/h13H,7-8H2,1-6H3,(H,12,14). The predicted octanol–water partition coefficient (Wildman–Crippen LogP) is 0.916. The third-order valence-corrected chi connectivity index (χ3v) is 2.22. The van der Waals surface area contributed by atoms with E-state index in [1.165, 1.54) is 0 Å². The van der Waals surface area contributed by atoms with E-state index in [4.69, 9.17) is 4.74 Å². The molecule has 15 heavy (non-hydrogen) atoms. The number of rotatable bonds is 6. The Kier molecular flexibility index (Phi) is 5.24. The fraction of sp³-hybridized carbons (Fsp3) is 0.909. The van der Waals surface area contributed by atoms with E-state index >= 15 is 0 Å². The molecule has 0 saturated carbocycles. The van der Waals surface area contributed by atoms with Crippen molar-refractivity contribution in [2.24, 2.45) is 0 Å². The van der Waals surface area contributed by atoms with Crippen LogP contribution in [0.15, 0.2) is 0 Å². The van der Waals surface area contributed by atoms with Gasteiger partial charge in [-0.2, -0.15) is 0 Å². The van der Waals surface area contributed by atoms with Crippen molar-refractivity contribution in [1.82, 2.24) is 10.6 Å². The van der Waals surface area contributed by atoms with E-state index in [1.807, 2.05) is 6.92 Å². The molecular weight excluding hydrogens is 192 g/mol. The maximum Gasteiger partial charge on any atom is 0.251 e. The lowest BCUT2D eigenvalue weighted by molar-refractivity contribution is -0.144. The lowest BCUT2D eigenvalue weighted by Crippen LogP contribution is -2.49. The highest BCUT2D eigenvalue weighted by Gasteiger charge is 2.30. The smallest absolute Gasteiger partial charge is 0.251 e. The van der Waals surface area contributed by atoms with Gasteiger partial charge in [0.15, 0.2) is 0 Å². The molecule has 0 bridgehead atoms. The van der Waals surface area contributed by atoms with Crippen LogP contribution < -0.4 is 10.6 Å². The molecule has 0 unspecified atom stereocenters. The highest BCUT2D eigenvalue weighted by atomic mass is 16.5. The van der Waals surface area contributed by atoms with Crippen molar-refractivity contribution in [2.75, 3.05) is 20.2 Å². The quantitative estimate of drug-likeness (QED) is 0.694. The van der Waals surface area contributed by atoms with Gasteiger partial charge in [-0.3, -0.25) is 4.79 Å². The summed E-state index contributed by atoms with van der Waals surface area (Å²) in [6.45, 7) is 11.1. The van der Waals surface area contributed by atoms with Gasteiger partial charge in [0, 0.05) is 12.6 Å². The second kappa shape index (κ2) is 5.47. The first kappa shape index (κ1) is 14.4. The Labute approximate surface area is 92.8 Å². The molecule has 0 radical (unpaired) electrons. The first-order chi connectivity index (χ1) is 6.75. The van der Waals surface area contributed by atoms with E-state index in [2.05, 4.69) is 24.5 Å². The Hall–Kier alpha value is -0.610. The van der Waals surface area contributed by atoms with Crippen molar-refractivity contribution < 1.29 is 9.53 Å². The van der Waals surface area contributed by atoms with Crippen LogP contribution in [0.2, 0.25) is 0 Å². The Morgan fingerprint density at radius 1 is 1.27 bits per heavy atom. The fourth-order valence-corrected chi connectivity index (χ4v) is 1.26. The molecule has 0 saturated heterocycles. The van der Waals surface area contributed by atoms with Crippen LogP contribution in [0, 0.1) is 0 Å². The van der Waals surface area contributed by atoms with Crippen molar-refractivity contribution >= 4 is 5.91 Å². The summed E-state index contributed by atoms with van der Waals surface area (Å²) in [6.07, 6.45) is 0. The zero-order valence-electron chi connectivity index (χ0n) is 10.7. The molecule has 2 N–H and O–H groups in total. The van der Waals surface area contributed by atoms with Gasteiger partial charge in [-0.05, 0) is 34.2 Å². The normalized spacial score (nSPS) is 12.7. The first-order valence-electron chi connectivity index (χ1n) is 5.36.